The summed E-state index contributed by atoms with van der Waals surface area (Å²) in [5, 5.41) is 19.8. The van der Waals surface area contributed by atoms with Crippen LogP contribution >= 0.6 is 0 Å². The smallest absolute Gasteiger partial charge is 0.377 e. The monoisotopic (exact) mass is 2030 g/mol. The highest BCUT2D eigenvalue weighted by Gasteiger charge is 2.78. The molecule has 11 saturated heterocycles. The van der Waals surface area contributed by atoms with Crippen LogP contribution in [0.1, 0.15) is 177 Å². The summed E-state index contributed by atoms with van der Waals surface area (Å²) in [7, 11) is 0.849. The molecule has 21 atom stereocenters. The van der Waals surface area contributed by atoms with Crippen molar-refractivity contribution in [2.45, 2.75) is 345 Å². The first kappa shape index (κ1) is 101. The molecule has 12 bridgehead atoms. The Morgan fingerprint density at radius 2 is 0.638 bits per heavy atom. The van der Waals surface area contributed by atoms with Crippen LogP contribution in [0.4, 0.5) is 26.3 Å². The topological polar surface area (TPSA) is 326 Å². The number of hydrogen-bond acceptors (Lipinski definition) is 27. The number of alkyl halides is 6. The molecule has 28 rings (SSSR count). The van der Waals surface area contributed by atoms with Crippen molar-refractivity contribution in [1.82, 2.24) is 0 Å². The van der Waals surface area contributed by atoms with Crippen molar-refractivity contribution in [1.29, 1.82) is 0 Å². The summed E-state index contributed by atoms with van der Waals surface area (Å²) < 4.78 is 184. The third kappa shape index (κ3) is 19.5. The number of rotatable bonds is 12. The normalized spacial score (nSPS) is 39.5. The highest BCUT2D eigenvalue weighted by Crippen LogP contribution is 2.70. The van der Waals surface area contributed by atoms with Crippen LogP contribution in [0.15, 0.2) is 164 Å². The second kappa shape index (κ2) is 38.0. The van der Waals surface area contributed by atoms with Crippen LogP contribution in [-0.4, -0.2) is 245 Å². The van der Waals surface area contributed by atoms with E-state index in [2.05, 4.69) is 181 Å². The lowest BCUT2D eigenvalue weighted by molar-refractivity contribution is -0.343. The largest absolute Gasteiger partial charge is 0.455 e. The van der Waals surface area contributed by atoms with Gasteiger partial charge in [-0.1, -0.05) is 120 Å². The third-order valence-corrected chi connectivity index (χ3v) is 38.7. The molecule has 2 N–H and O–H groups in total. The summed E-state index contributed by atoms with van der Waals surface area (Å²) in [6.07, 6.45) is -4.15. The lowest BCUT2D eigenvalue weighted by Crippen LogP contribution is -2.66. The molecule has 5 aromatic carbocycles. The van der Waals surface area contributed by atoms with Gasteiger partial charge in [0.05, 0.1) is 37.3 Å². The van der Waals surface area contributed by atoms with Crippen LogP contribution < -0.4 is 0 Å². The second-order valence-electron chi connectivity index (χ2n) is 44.0. The molecule has 21 unspecified atom stereocenters. The van der Waals surface area contributed by atoms with Crippen LogP contribution in [0.2, 0.25) is 0 Å². The van der Waals surface area contributed by atoms with Gasteiger partial charge in [0.15, 0.2) is 110 Å². The summed E-state index contributed by atoms with van der Waals surface area (Å²) >= 11 is 0. The zero-order chi connectivity index (χ0) is 99.4. The Kier molecular flexibility index (Phi) is 27.2. The highest BCUT2D eigenvalue weighted by molar-refractivity contribution is 7.97. The van der Waals surface area contributed by atoms with Crippen molar-refractivity contribution in [2.75, 3.05) is 49.4 Å². The number of hydrogen-bond donors (Lipinski definition) is 2. The first-order valence-corrected chi connectivity index (χ1v) is 53.8. The van der Waals surface area contributed by atoms with Crippen LogP contribution in [0.25, 0.3) is 0 Å². The molecule has 12 aliphatic carbocycles. The van der Waals surface area contributed by atoms with Crippen molar-refractivity contribution >= 4 is 74.5 Å². The third-order valence-electron chi connectivity index (χ3n) is 31.9. The predicted molar refractivity (Wildman–Crippen MR) is 492 cm³/mol. The number of halogens is 6. The molecule has 5 aromatic rings. The van der Waals surface area contributed by atoms with Crippen LogP contribution in [-0.2, 0) is 162 Å². The second-order valence-corrected chi connectivity index (χ2v) is 50.6. The Labute approximate surface area is 823 Å². The molecule has 12 saturated carbocycles. The molecule has 0 radical (unpaired) electrons. The minimum absolute atomic E-state index is 0.0146. The summed E-state index contributed by atoms with van der Waals surface area (Å²) in [6.45, 7) is 20.2. The van der Waals surface area contributed by atoms with Crippen molar-refractivity contribution in [3.05, 3.63) is 151 Å². The van der Waals surface area contributed by atoms with Gasteiger partial charge in [-0.25, -0.2) is 28.8 Å². The van der Waals surface area contributed by atoms with Gasteiger partial charge in [-0.15, -0.1) is 0 Å². The quantitative estimate of drug-likeness (QED) is 0.0507. The number of benzene rings is 5. The van der Waals surface area contributed by atoms with E-state index >= 15 is 0 Å². The van der Waals surface area contributed by atoms with Gasteiger partial charge in [0, 0.05) is 85.0 Å². The fourth-order valence-corrected chi connectivity index (χ4v) is 31.9. The minimum Gasteiger partial charge on any atom is -0.455 e. The first-order valence-electron chi connectivity index (χ1n) is 49.4. The van der Waals surface area contributed by atoms with E-state index in [0.29, 0.717) is 100 Å². The summed E-state index contributed by atoms with van der Waals surface area (Å²) in [5.74, 6) is -16.2. The van der Waals surface area contributed by atoms with E-state index in [9.17, 15) is 70.1 Å². The van der Waals surface area contributed by atoms with E-state index in [4.69, 9.17) is 85.3 Å². The molecule has 141 heavy (non-hydrogen) atoms. The molecule has 11 aliphatic heterocycles. The van der Waals surface area contributed by atoms with E-state index < -0.39 is 186 Å². The number of ether oxygens (including phenoxy) is 18. The number of fused-ring (bicyclic) bond motifs is 9. The average Bonchev–Trinajstić information content (AvgIpc) is 1.55. The van der Waals surface area contributed by atoms with Crippen molar-refractivity contribution in [3.63, 3.8) is 0 Å². The number of aliphatic hydroxyl groups is 2. The maximum absolute atomic E-state index is 13.5. The number of esters is 7. The van der Waals surface area contributed by atoms with Gasteiger partial charge in [0.25, 0.3) is 0 Å². The average molecular weight is 2030 g/mol. The van der Waals surface area contributed by atoms with E-state index in [0.717, 1.165) is 65.0 Å². The maximum Gasteiger partial charge on any atom is 0.377 e. The number of carbonyl (C=O) groups excluding carboxylic acids is 7. The zero-order valence-electron chi connectivity index (χ0n) is 80.5. The van der Waals surface area contributed by atoms with Crippen molar-refractivity contribution < 1.29 is 155 Å². The molecule has 23 aliphatic rings. The van der Waals surface area contributed by atoms with E-state index in [1.807, 2.05) is 0 Å². The lowest BCUT2D eigenvalue weighted by Gasteiger charge is -2.62. The molecular formula is C105H125F6O27S3+3. The van der Waals surface area contributed by atoms with Gasteiger partial charge in [0.2, 0.25) is 6.10 Å². The molecule has 36 heteroatoms. The maximum atomic E-state index is 13.5. The Balaban J connectivity index is 0.000000106. The zero-order valence-corrected chi connectivity index (χ0v) is 82.9. The van der Waals surface area contributed by atoms with Gasteiger partial charge in [-0.05, 0) is 197 Å². The predicted octanol–water partition coefficient (Wildman–Crippen LogP) is 14.0. The van der Waals surface area contributed by atoms with Gasteiger partial charge in [-0.2, -0.15) is 26.3 Å². The standard InChI is InChI=1S/C21H24F2O9.2C19H22F2O8.C18H15S.2C14H21OS/c1-8(24)27-14-12-13(28-16(14)25)15-17(29-12)31-21(30-15)10-3-9-4-11(21)7-20(5-9,6-10)32-18(26)19(2,22)23;2*1-17(20,21)16(24)29-18-4-7-2-8(5-18)19(9(3-7)6-18)27-13-12-11(26-15(13)28-19)10(22)14(23)25-12;1-4-10-16(11-5-1)19(17-12-6-2-7-13-17)18-14-8-3-9-15-18;2*1-14(2,3)12-4-6-13(7-5-12)16-10-8-15-9-11-16/h9-15,17H,3-7H2,1-2H3;2*7-13,15,22H,2-6H2,1H3;1-15H;2*4-7H,8-11H2,1-3H3/q;;;3*+1. The van der Waals surface area contributed by atoms with Crippen molar-refractivity contribution in [2.24, 2.45) is 53.3 Å². The van der Waals surface area contributed by atoms with Crippen molar-refractivity contribution in [3.8, 4) is 0 Å². The lowest BCUT2D eigenvalue weighted by atomic mass is 9.51. The molecule has 0 aromatic heterocycles. The van der Waals surface area contributed by atoms with E-state index in [-0.39, 0.29) is 75.0 Å². The van der Waals surface area contributed by atoms with Gasteiger partial charge < -0.3 is 95.5 Å². The van der Waals surface area contributed by atoms with Crippen LogP contribution in [0.5, 0.6) is 0 Å². The summed E-state index contributed by atoms with van der Waals surface area (Å²) in [4.78, 5) is 89.6. The van der Waals surface area contributed by atoms with E-state index in [1.54, 1.807) is 0 Å². The summed E-state index contributed by atoms with van der Waals surface area (Å²) in [5.41, 5.74) is 0.603. The molecule has 3 spiro atoms. The molecule has 11 heterocycles. The Hall–Kier alpha value is -7.50. The fourth-order valence-electron chi connectivity index (χ4n) is 26.2. The van der Waals surface area contributed by atoms with Gasteiger partial charge in [0.1, 0.15) is 58.1 Å². The Morgan fingerprint density at radius 3 is 0.915 bits per heavy atom. The van der Waals surface area contributed by atoms with E-state index in [1.165, 1.54) is 65.5 Å². The SMILES string of the molecule is CC(=O)OC1C(=O)OC2C3OC4(OC3OC12)C1CC2CC4CC(OC(=O)C(C)(F)F)(C2)C1.CC(C)(C)c1ccc([S+]2CCOCC2)cc1.CC(C)(C)c1ccc([S+]2CCOCC2)cc1.CC(F)(F)C(=O)OC12CC3CC(C1)C1(OC4OC5C(O)C(=O)OC5C4O1)C(C3)C2.CC(F)(F)C(=O)OC12CC3CC(C1)C1(OC4OC5C(O)C(=O)OC5C4O1)C(C3)C2.c1ccc([S+](c2ccccc2)c2ccccc2)cc1. The molecule has 27 nitrogen and oxygen atoms in total. The first-order chi connectivity index (χ1) is 66.8. The van der Waals surface area contributed by atoms with Gasteiger partial charge >= 0.3 is 59.6 Å². The van der Waals surface area contributed by atoms with Crippen LogP contribution in [0.3, 0.4) is 0 Å². The number of carbonyl (C=O) groups is 7. The molecule has 23 fully saturated rings. The number of aliphatic hydroxyl groups excluding tert-OH is 2. The molecular weight excluding hydrogens is 1900 g/mol. The Bertz CT molecular complexity index is 5080. The molecule has 0 amide bonds. The summed E-state index contributed by atoms with van der Waals surface area (Å²) in [6, 6.07) is 50.6. The fraction of sp³-hybridized carbons (Fsp3) is 0.648. The molecule has 764 valence electrons. The van der Waals surface area contributed by atoms with Gasteiger partial charge in [-0.3, -0.25) is 4.79 Å². The Morgan fingerprint density at radius 1 is 0.362 bits per heavy atom. The highest BCUT2D eigenvalue weighted by atomic mass is 32.2. The van der Waals surface area contributed by atoms with Crippen LogP contribution in [0, 0.1) is 53.3 Å². The minimum atomic E-state index is -3.55.